The molecule has 3 heteroatoms. The fourth-order valence-electron chi connectivity index (χ4n) is 1.62. The van der Waals surface area contributed by atoms with E-state index < -0.39 is 0 Å². The minimum atomic E-state index is -0.203. The van der Waals surface area contributed by atoms with E-state index in [0.717, 1.165) is 11.1 Å². The van der Waals surface area contributed by atoms with Crippen LogP contribution in [0.3, 0.4) is 0 Å². The van der Waals surface area contributed by atoms with Crippen LogP contribution in [0.25, 0.3) is 0 Å². The van der Waals surface area contributed by atoms with Crippen LogP contribution in [0.1, 0.15) is 41.0 Å². The number of hydrogen-bond acceptors (Lipinski definition) is 2. The topological polar surface area (TPSA) is 20.3 Å². The second-order valence-electron chi connectivity index (χ2n) is 4.86. The van der Waals surface area contributed by atoms with E-state index in [0.29, 0.717) is 11.4 Å². The summed E-state index contributed by atoms with van der Waals surface area (Å²) in [5, 5.41) is 0. The van der Waals surface area contributed by atoms with Crippen molar-refractivity contribution in [1.29, 1.82) is 0 Å². The van der Waals surface area contributed by atoms with Crippen LogP contribution in [0.5, 0.6) is 0 Å². The van der Waals surface area contributed by atoms with Crippen LogP contribution in [-0.2, 0) is 4.79 Å². The molecule has 1 heterocycles. The zero-order chi connectivity index (χ0) is 11.1. The highest BCUT2D eigenvalue weighted by Gasteiger charge is 2.37. The largest absolute Gasteiger partial charge is 0.297 e. The van der Waals surface area contributed by atoms with Gasteiger partial charge in [0.05, 0.1) is 6.42 Å². The fraction of sp³-hybridized carbons (Fsp3) is 0.636. The summed E-state index contributed by atoms with van der Waals surface area (Å²) in [6.07, 6.45) is 0.471. The lowest BCUT2D eigenvalue weighted by Crippen LogP contribution is -2.44. The van der Waals surface area contributed by atoms with Crippen molar-refractivity contribution < 1.29 is 4.79 Å². The summed E-state index contributed by atoms with van der Waals surface area (Å²) >= 11 is 5.31. The molecule has 0 bridgehead atoms. The van der Waals surface area contributed by atoms with Gasteiger partial charge in [-0.05, 0) is 40.2 Å². The zero-order valence-corrected chi connectivity index (χ0v) is 10.3. The first-order valence-corrected chi connectivity index (χ1v) is 5.19. The second-order valence-corrected chi connectivity index (χ2v) is 5.25. The number of hydrogen-bond donors (Lipinski definition) is 0. The predicted octanol–water partition coefficient (Wildman–Crippen LogP) is 2.68. The maximum Gasteiger partial charge on any atom is 0.232 e. The monoisotopic (exact) mass is 211 g/mol. The number of likely N-dealkylation sites (tertiary alicyclic amines) is 1. The Morgan fingerprint density at radius 2 is 1.86 bits per heavy atom. The van der Waals surface area contributed by atoms with E-state index in [2.05, 4.69) is 0 Å². The molecule has 0 atom stereocenters. The fourth-order valence-corrected chi connectivity index (χ4v) is 2.28. The summed E-state index contributed by atoms with van der Waals surface area (Å²) in [5.74, 6) is 0.124. The third-order valence-electron chi connectivity index (χ3n) is 2.31. The van der Waals surface area contributed by atoms with E-state index in [-0.39, 0.29) is 11.4 Å². The van der Waals surface area contributed by atoms with Gasteiger partial charge in [0, 0.05) is 5.54 Å². The normalized spacial score (nSPS) is 18.1. The van der Waals surface area contributed by atoms with E-state index in [1.807, 2.05) is 34.6 Å². The van der Waals surface area contributed by atoms with Gasteiger partial charge in [-0.1, -0.05) is 17.8 Å². The molecule has 0 aliphatic carbocycles. The van der Waals surface area contributed by atoms with Crippen LogP contribution in [0.2, 0.25) is 0 Å². The van der Waals surface area contributed by atoms with Gasteiger partial charge < -0.3 is 0 Å². The van der Waals surface area contributed by atoms with E-state index in [1.165, 1.54) is 0 Å². The molecular formula is C11H17NOS. The van der Waals surface area contributed by atoms with Crippen molar-refractivity contribution in [2.75, 3.05) is 0 Å². The van der Waals surface area contributed by atoms with Gasteiger partial charge in [-0.2, -0.15) is 0 Å². The number of allylic oxidation sites excluding steroid dienone is 1. The predicted molar refractivity (Wildman–Crippen MR) is 62.2 cm³/mol. The molecule has 14 heavy (non-hydrogen) atoms. The highest BCUT2D eigenvalue weighted by molar-refractivity contribution is 7.80. The first-order valence-electron chi connectivity index (χ1n) is 4.79. The van der Waals surface area contributed by atoms with Gasteiger partial charge in [-0.15, -0.1) is 0 Å². The van der Waals surface area contributed by atoms with Crippen LogP contribution in [0.15, 0.2) is 11.1 Å². The van der Waals surface area contributed by atoms with Crippen molar-refractivity contribution in [2.45, 2.75) is 46.6 Å². The molecule has 0 aromatic heterocycles. The Balaban J connectivity index is 3.11. The third kappa shape index (κ3) is 1.87. The van der Waals surface area contributed by atoms with Crippen LogP contribution >= 0.6 is 12.2 Å². The number of carbonyl (C=O) groups excluding carboxylic acids is 1. The Bertz CT molecular complexity index is 319. The molecule has 0 saturated carbocycles. The quantitative estimate of drug-likeness (QED) is 0.453. The van der Waals surface area contributed by atoms with E-state index in [9.17, 15) is 4.79 Å². The summed E-state index contributed by atoms with van der Waals surface area (Å²) in [4.78, 5) is 14.2. The van der Waals surface area contributed by atoms with Gasteiger partial charge in [0.25, 0.3) is 0 Å². The lowest BCUT2D eigenvalue weighted by atomic mass is 10.1. The lowest BCUT2D eigenvalue weighted by Gasteiger charge is -2.31. The number of nitrogens with zero attached hydrogens (tertiary/aromatic N) is 1. The molecule has 78 valence electrons. The van der Waals surface area contributed by atoms with Gasteiger partial charge in [0.2, 0.25) is 5.91 Å². The van der Waals surface area contributed by atoms with Crippen LogP contribution in [0.4, 0.5) is 0 Å². The molecule has 0 radical (unpaired) electrons. The minimum absolute atomic E-state index is 0.124. The molecule has 0 N–H and O–H groups in total. The summed E-state index contributed by atoms with van der Waals surface area (Å²) in [6.45, 7) is 10.0. The van der Waals surface area contributed by atoms with Crippen LogP contribution in [0, 0.1) is 0 Å². The molecule has 1 aliphatic heterocycles. The second kappa shape index (κ2) is 3.46. The summed E-state index contributed by atoms with van der Waals surface area (Å²) in [6, 6.07) is 0. The summed E-state index contributed by atoms with van der Waals surface area (Å²) in [5.41, 5.74) is 1.97. The van der Waals surface area contributed by atoms with Crippen LogP contribution in [-0.4, -0.2) is 21.3 Å². The minimum Gasteiger partial charge on any atom is -0.297 e. The van der Waals surface area contributed by atoms with E-state index in [1.54, 1.807) is 4.90 Å². The van der Waals surface area contributed by atoms with Crippen molar-refractivity contribution >= 4 is 23.1 Å². The molecule has 1 rings (SSSR count). The maximum atomic E-state index is 11.8. The van der Waals surface area contributed by atoms with Gasteiger partial charge in [0.1, 0.15) is 4.99 Å². The number of thiocarbonyl (C=S) groups is 1. The summed E-state index contributed by atoms with van der Waals surface area (Å²) < 4.78 is 0. The van der Waals surface area contributed by atoms with Gasteiger partial charge in [-0.3, -0.25) is 9.69 Å². The Morgan fingerprint density at radius 1 is 1.36 bits per heavy atom. The molecule has 0 unspecified atom stereocenters. The van der Waals surface area contributed by atoms with E-state index >= 15 is 0 Å². The van der Waals surface area contributed by atoms with Crippen molar-refractivity contribution in [3.8, 4) is 0 Å². The van der Waals surface area contributed by atoms with Crippen molar-refractivity contribution in [1.82, 2.24) is 4.90 Å². The first-order chi connectivity index (χ1) is 6.25. The van der Waals surface area contributed by atoms with Crippen molar-refractivity contribution in [2.24, 2.45) is 0 Å². The molecule has 1 saturated heterocycles. The molecule has 1 amide bonds. The van der Waals surface area contributed by atoms with Gasteiger partial charge >= 0.3 is 0 Å². The maximum absolute atomic E-state index is 11.8. The highest BCUT2D eigenvalue weighted by atomic mass is 32.1. The average Bonchev–Trinajstić information content (AvgIpc) is 2.24. The molecule has 1 aliphatic rings. The molecule has 1 fully saturated rings. The summed E-state index contributed by atoms with van der Waals surface area (Å²) in [7, 11) is 0. The standard InChI is InChI=1S/C11H17NOS/c1-7(2)8-6-9(13)12(10(8)14)11(3,4)5/h6H2,1-5H3. The average molecular weight is 211 g/mol. The number of carbonyl (C=O) groups is 1. The van der Waals surface area contributed by atoms with Crippen molar-refractivity contribution in [3.63, 3.8) is 0 Å². The van der Waals surface area contributed by atoms with Gasteiger partial charge in [0.15, 0.2) is 0 Å². The zero-order valence-electron chi connectivity index (χ0n) is 9.47. The Morgan fingerprint density at radius 3 is 2.07 bits per heavy atom. The molecule has 0 spiro atoms. The Hall–Kier alpha value is -0.700. The van der Waals surface area contributed by atoms with Crippen LogP contribution < -0.4 is 0 Å². The molecule has 0 aromatic carbocycles. The van der Waals surface area contributed by atoms with E-state index in [4.69, 9.17) is 12.2 Å². The van der Waals surface area contributed by atoms with Crippen molar-refractivity contribution in [3.05, 3.63) is 11.1 Å². The Kier molecular flexibility index (Phi) is 2.81. The number of rotatable bonds is 0. The molecule has 2 nitrogen and oxygen atoms in total. The smallest absolute Gasteiger partial charge is 0.232 e. The Labute approximate surface area is 91.0 Å². The molecule has 0 aromatic rings. The van der Waals surface area contributed by atoms with Gasteiger partial charge in [-0.25, -0.2) is 0 Å². The lowest BCUT2D eigenvalue weighted by molar-refractivity contribution is -0.128. The third-order valence-corrected chi connectivity index (χ3v) is 2.74. The molecular weight excluding hydrogens is 194 g/mol. The SMILES string of the molecule is CC(C)=C1CC(=O)N(C(C)(C)C)C1=S. The first kappa shape index (κ1) is 11.4. The number of amides is 1. The highest BCUT2D eigenvalue weighted by Crippen LogP contribution is 2.29.